The minimum Gasteiger partial charge on any atom is -0.260 e. The Morgan fingerprint density at radius 1 is 1.20 bits per heavy atom. The second kappa shape index (κ2) is 7.06. The summed E-state index contributed by atoms with van der Waals surface area (Å²) in [6, 6.07) is 4.03. The molecular weight excluding hydrogens is 182 g/mol. The number of aromatic nitrogens is 1. The van der Waals surface area contributed by atoms with Crippen molar-refractivity contribution in [3.63, 3.8) is 0 Å². The van der Waals surface area contributed by atoms with Crippen molar-refractivity contribution in [1.29, 1.82) is 0 Å². The van der Waals surface area contributed by atoms with Crippen LogP contribution < -0.4 is 0 Å². The summed E-state index contributed by atoms with van der Waals surface area (Å²) in [5, 5.41) is 0. The Bertz CT molecular complexity index is 327. The fourth-order valence-electron chi connectivity index (χ4n) is 1.35. The van der Waals surface area contributed by atoms with Crippen LogP contribution >= 0.6 is 0 Å². The van der Waals surface area contributed by atoms with E-state index in [4.69, 9.17) is 0 Å². The molecule has 0 N–H and O–H groups in total. The summed E-state index contributed by atoms with van der Waals surface area (Å²) >= 11 is 0. The van der Waals surface area contributed by atoms with Gasteiger partial charge in [0.1, 0.15) is 0 Å². The molecule has 0 spiro atoms. The highest BCUT2D eigenvalue weighted by Crippen LogP contribution is 2.02. The lowest BCUT2D eigenvalue weighted by molar-refractivity contribution is 0.679. The molecular formula is C14H19N. The molecule has 0 aliphatic rings. The van der Waals surface area contributed by atoms with Gasteiger partial charge in [-0.1, -0.05) is 38.0 Å². The summed E-state index contributed by atoms with van der Waals surface area (Å²) in [6.07, 6.45) is 7.99. The Labute approximate surface area is 92.9 Å². The van der Waals surface area contributed by atoms with Crippen molar-refractivity contribution < 1.29 is 0 Å². The first-order chi connectivity index (χ1) is 7.33. The summed E-state index contributed by atoms with van der Waals surface area (Å²) in [5.74, 6) is 6.33. The standard InChI is InChI=1S/C14H19N/c1-3-4-5-6-7-8-9-14-11-10-13(2)15-12-14/h10-12H,3-7H2,1-2H3. The van der Waals surface area contributed by atoms with Gasteiger partial charge in [0, 0.05) is 23.9 Å². The molecule has 0 aliphatic heterocycles. The second-order valence-corrected chi connectivity index (χ2v) is 3.80. The number of hydrogen-bond donors (Lipinski definition) is 0. The lowest BCUT2D eigenvalue weighted by atomic mass is 10.1. The smallest absolute Gasteiger partial charge is 0.0428 e. The monoisotopic (exact) mass is 201 g/mol. The van der Waals surface area contributed by atoms with Gasteiger partial charge in [-0.15, -0.1) is 0 Å². The maximum Gasteiger partial charge on any atom is 0.0428 e. The molecule has 0 amide bonds. The molecule has 1 heterocycles. The van der Waals surface area contributed by atoms with Crippen LogP contribution in [0.4, 0.5) is 0 Å². The van der Waals surface area contributed by atoms with Crippen LogP contribution in [0.5, 0.6) is 0 Å². The normalized spacial score (nSPS) is 9.47. The predicted molar refractivity (Wildman–Crippen MR) is 64.6 cm³/mol. The van der Waals surface area contributed by atoms with Gasteiger partial charge in [0.2, 0.25) is 0 Å². The zero-order valence-corrected chi connectivity index (χ0v) is 9.71. The Hall–Kier alpha value is -1.29. The third-order valence-corrected chi connectivity index (χ3v) is 2.30. The molecule has 0 saturated carbocycles. The van der Waals surface area contributed by atoms with Gasteiger partial charge in [-0.25, -0.2) is 0 Å². The van der Waals surface area contributed by atoms with E-state index in [1.807, 2.05) is 25.3 Å². The van der Waals surface area contributed by atoms with E-state index in [1.165, 1.54) is 25.7 Å². The summed E-state index contributed by atoms with van der Waals surface area (Å²) in [6.45, 7) is 4.21. The van der Waals surface area contributed by atoms with Crippen LogP contribution in [-0.2, 0) is 0 Å². The van der Waals surface area contributed by atoms with Crippen molar-refractivity contribution in [3.8, 4) is 11.8 Å². The van der Waals surface area contributed by atoms with E-state index >= 15 is 0 Å². The van der Waals surface area contributed by atoms with Gasteiger partial charge >= 0.3 is 0 Å². The zero-order chi connectivity index (χ0) is 10.9. The number of aryl methyl sites for hydroxylation is 1. The van der Waals surface area contributed by atoms with Gasteiger partial charge < -0.3 is 0 Å². The zero-order valence-electron chi connectivity index (χ0n) is 9.71. The topological polar surface area (TPSA) is 12.9 Å². The molecule has 0 unspecified atom stereocenters. The van der Waals surface area contributed by atoms with Gasteiger partial charge in [0.15, 0.2) is 0 Å². The summed E-state index contributed by atoms with van der Waals surface area (Å²) in [7, 11) is 0. The lowest BCUT2D eigenvalue weighted by Crippen LogP contribution is -1.81. The van der Waals surface area contributed by atoms with E-state index in [0.29, 0.717) is 0 Å². The van der Waals surface area contributed by atoms with Crippen LogP contribution in [-0.4, -0.2) is 4.98 Å². The third-order valence-electron chi connectivity index (χ3n) is 2.30. The van der Waals surface area contributed by atoms with Crippen molar-refractivity contribution in [3.05, 3.63) is 29.6 Å². The maximum absolute atomic E-state index is 4.20. The van der Waals surface area contributed by atoms with Crippen molar-refractivity contribution in [2.45, 2.75) is 46.0 Å². The Kier molecular flexibility index (Phi) is 5.55. The SMILES string of the molecule is CCCCCCC#Cc1ccc(C)nc1. The first-order valence-corrected chi connectivity index (χ1v) is 5.74. The highest BCUT2D eigenvalue weighted by molar-refractivity contribution is 5.32. The van der Waals surface area contributed by atoms with Gasteiger partial charge in [-0.3, -0.25) is 4.98 Å². The lowest BCUT2D eigenvalue weighted by Gasteiger charge is -1.93. The molecule has 0 aromatic carbocycles. The molecule has 1 rings (SSSR count). The molecule has 15 heavy (non-hydrogen) atoms. The molecule has 0 radical (unpaired) electrons. The maximum atomic E-state index is 4.20. The van der Waals surface area contributed by atoms with Gasteiger partial charge in [0.25, 0.3) is 0 Å². The quantitative estimate of drug-likeness (QED) is 0.534. The van der Waals surface area contributed by atoms with Gasteiger partial charge in [-0.05, 0) is 25.5 Å². The minimum absolute atomic E-state index is 1.01. The molecule has 80 valence electrons. The Morgan fingerprint density at radius 3 is 2.73 bits per heavy atom. The summed E-state index contributed by atoms with van der Waals surface area (Å²) in [5.41, 5.74) is 2.07. The van der Waals surface area contributed by atoms with Crippen LogP contribution in [0.2, 0.25) is 0 Å². The number of unbranched alkanes of at least 4 members (excludes halogenated alkanes) is 4. The summed E-state index contributed by atoms with van der Waals surface area (Å²) in [4.78, 5) is 4.20. The molecule has 1 heteroatoms. The van der Waals surface area contributed by atoms with Crippen LogP contribution in [0, 0.1) is 18.8 Å². The fourth-order valence-corrected chi connectivity index (χ4v) is 1.35. The van der Waals surface area contributed by atoms with E-state index < -0.39 is 0 Å². The third kappa shape index (κ3) is 5.22. The molecule has 0 atom stereocenters. The average Bonchev–Trinajstić information content (AvgIpc) is 2.26. The van der Waals surface area contributed by atoms with E-state index in [2.05, 4.69) is 23.7 Å². The van der Waals surface area contributed by atoms with Crippen molar-refractivity contribution in [1.82, 2.24) is 4.98 Å². The Morgan fingerprint density at radius 2 is 2.07 bits per heavy atom. The molecule has 0 aliphatic carbocycles. The van der Waals surface area contributed by atoms with E-state index in [-0.39, 0.29) is 0 Å². The van der Waals surface area contributed by atoms with Gasteiger partial charge in [-0.2, -0.15) is 0 Å². The number of pyridine rings is 1. The van der Waals surface area contributed by atoms with Crippen molar-refractivity contribution >= 4 is 0 Å². The summed E-state index contributed by atoms with van der Waals surface area (Å²) < 4.78 is 0. The van der Waals surface area contributed by atoms with Crippen LogP contribution in [0.1, 0.15) is 50.3 Å². The first-order valence-electron chi connectivity index (χ1n) is 5.74. The van der Waals surface area contributed by atoms with Gasteiger partial charge in [0.05, 0.1) is 0 Å². The molecule has 1 aromatic rings. The van der Waals surface area contributed by atoms with E-state index in [1.54, 1.807) is 0 Å². The van der Waals surface area contributed by atoms with Crippen LogP contribution in [0.15, 0.2) is 18.3 Å². The molecule has 0 fully saturated rings. The number of nitrogens with zero attached hydrogens (tertiary/aromatic N) is 1. The predicted octanol–water partition coefficient (Wildman–Crippen LogP) is 3.71. The van der Waals surface area contributed by atoms with E-state index in [9.17, 15) is 0 Å². The first kappa shape index (κ1) is 11.8. The molecule has 1 nitrogen and oxygen atoms in total. The average molecular weight is 201 g/mol. The highest BCUT2D eigenvalue weighted by Gasteiger charge is 1.87. The second-order valence-electron chi connectivity index (χ2n) is 3.80. The largest absolute Gasteiger partial charge is 0.260 e. The number of rotatable bonds is 4. The van der Waals surface area contributed by atoms with Crippen LogP contribution in [0.3, 0.4) is 0 Å². The fraction of sp³-hybridized carbons (Fsp3) is 0.500. The minimum atomic E-state index is 1.01. The van der Waals surface area contributed by atoms with E-state index in [0.717, 1.165) is 17.7 Å². The highest BCUT2D eigenvalue weighted by atomic mass is 14.6. The Balaban J connectivity index is 2.28. The number of hydrogen-bond acceptors (Lipinski definition) is 1. The molecule has 1 aromatic heterocycles. The van der Waals surface area contributed by atoms with Crippen molar-refractivity contribution in [2.75, 3.05) is 0 Å². The van der Waals surface area contributed by atoms with Crippen LogP contribution in [0.25, 0.3) is 0 Å². The van der Waals surface area contributed by atoms with Crippen molar-refractivity contribution in [2.24, 2.45) is 0 Å². The molecule has 0 bridgehead atoms. The molecule has 0 saturated heterocycles.